The number of aldehydes is 1. The van der Waals surface area contributed by atoms with Gasteiger partial charge in [0.25, 0.3) is 0 Å². The minimum absolute atomic E-state index is 0.116. The zero-order valence-electron chi connectivity index (χ0n) is 38.9. The predicted molar refractivity (Wildman–Crippen MR) is 249 cm³/mol. The first-order valence-electron chi connectivity index (χ1n) is 23.0. The van der Waals surface area contributed by atoms with Crippen molar-refractivity contribution in [1.82, 2.24) is 15.6 Å². The molecule has 4 aromatic carbocycles. The Morgan fingerprint density at radius 2 is 1.03 bits per heavy atom. The van der Waals surface area contributed by atoms with Crippen LogP contribution >= 0.6 is 0 Å². The maximum atomic E-state index is 13.3. The molecule has 0 aliphatic heterocycles. The van der Waals surface area contributed by atoms with Crippen LogP contribution in [0, 0.1) is 0 Å². The number of halogens is 4. The Bertz CT molecular complexity index is 2320. The molecule has 1 heterocycles. The minimum Gasteiger partial charge on any atom is -0.446 e. The molecule has 9 nitrogen and oxygen atoms in total. The number of rotatable bonds is 18. The number of aromatic nitrogens is 1. The Balaban J connectivity index is 0.000000222. The Kier molecular flexibility index (Phi) is 17.3. The van der Waals surface area contributed by atoms with E-state index in [4.69, 9.17) is 13.9 Å². The second-order valence-electron chi connectivity index (χ2n) is 18.5. The fraction of sp³-hybridized carbons (Fsp3) is 0.444. The Labute approximate surface area is 391 Å². The molecule has 67 heavy (non-hydrogen) atoms. The number of hydrogen-bond acceptors (Lipinski definition) is 7. The van der Waals surface area contributed by atoms with Gasteiger partial charge in [0.2, 0.25) is 11.8 Å². The van der Waals surface area contributed by atoms with Crippen molar-refractivity contribution < 1.29 is 45.8 Å². The SMILES string of the molecule is CC(=O)NC1(C=O)CCC(CO[C@H](C)c2cc(CF)cc(CF)c2)(c2ccccc2)CC1.CC(=O)NC1(c2cnco2)CCC(CO[C@H](C)c2cc(CF)cc(CF)c2)(c2ccccc2)CC1. The van der Waals surface area contributed by atoms with Crippen molar-refractivity contribution in [3.05, 3.63) is 160 Å². The fourth-order valence-electron chi connectivity index (χ4n) is 9.91. The van der Waals surface area contributed by atoms with Crippen LogP contribution in [0.2, 0.25) is 0 Å². The van der Waals surface area contributed by atoms with E-state index >= 15 is 0 Å². The van der Waals surface area contributed by atoms with Crippen LogP contribution < -0.4 is 10.6 Å². The van der Waals surface area contributed by atoms with Gasteiger partial charge in [-0.05, 0) is 110 Å². The van der Waals surface area contributed by atoms with Crippen molar-refractivity contribution in [3.63, 3.8) is 0 Å². The number of carbonyl (C=O) groups is 3. The van der Waals surface area contributed by atoms with Crippen LogP contribution in [-0.4, -0.2) is 41.8 Å². The molecule has 2 atom stereocenters. The third-order valence-electron chi connectivity index (χ3n) is 13.8. The van der Waals surface area contributed by atoms with Crippen LogP contribution in [0.3, 0.4) is 0 Å². The van der Waals surface area contributed by atoms with Crippen LogP contribution in [0.25, 0.3) is 0 Å². The van der Waals surface area contributed by atoms with Crippen molar-refractivity contribution in [2.45, 2.75) is 140 Å². The van der Waals surface area contributed by atoms with Gasteiger partial charge in [-0.3, -0.25) is 9.59 Å². The van der Waals surface area contributed by atoms with Crippen LogP contribution in [0.5, 0.6) is 0 Å². The molecule has 7 rings (SSSR count). The lowest BCUT2D eigenvalue weighted by Gasteiger charge is -2.46. The van der Waals surface area contributed by atoms with Gasteiger partial charge in [-0.2, -0.15) is 0 Å². The van der Waals surface area contributed by atoms with Gasteiger partial charge in [0.05, 0.1) is 42.7 Å². The third-order valence-corrected chi connectivity index (χ3v) is 13.8. The van der Waals surface area contributed by atoms with Crippen LogP contribution in [0.1, 0.15) is 142 Å². The van der Waals surface area contributed by atoms with Crippen LogP contribution in [0.15, 0.2) is 114 Å². The number of nitrogens with one attached hydrogen (secondary N) is 2. The van der Waals surface area contributed by atoms with Gasteiger partial charge in [0, 0.05) is 24.7 Å². The summed E-state index contributed by atoms with van der Waals surface area (Å²) in [6.45, 7) is 4.98. The summed E-state index contributed by atoms with van der Waals surface area (Å²) in [6.07, 6.45) is 8.46. The number of amides is 2. The first kappa shape index (κ1) is 50.7. The normalized spacial score (nSPS) is 23.5. The Hall–Kier alpha value is -5.66. The summed E-state index contributed by atoms with van der Waals surface area (Å²) in [5.41, 5.74) is 3.52. The minimum atomic E-state index is -0.846. The van der Waals surface area contributed by atoms with Crippen molar-refractivity contribution in [1.29, 1.82) is 0 Å². The van der Waals surface area contributed by atoms with E-state index in [1.54, 1.807) is 36.5 Å². The van der Waals surface area contributed by atoms with E-state index in [0.717, 1.165) is 35.8 Å². The summed E-state index contributed by atoms with van der Waals surface area (Å²) in [5, 5.41) is 5.95. The molecule has 2 N–H and O–H groups in total. The lowest BCUT2D eigenvalue weighted by molar-refractivity contribution is -0.127. The second-order valence-corrected chi connectivity index (χ2v) is 18.5. The van der Waals surface area contributed by atoms with E-state index in [0.29, 0.717) is 79.8 Å². The molecule has 0 unspecified atom stereocenters. The van der Waals surface area contributed by atoms with E-state index in [2.05, 4.69) is 39.9 Å². The summed E-state index contributed by atoms with van der Waals surface area (Å²) in [7, 11) is 0. The number of ether oxygens (including phenoxy) is 2. The van der Waals surface area contributed by atoms with Gasteiger partial charge < -0.3 is 29.3 Å². The van der Waals surface area contributed by atoms with E-state index in [-0.39, 0.29) is 34.9 Å². The fourth-order valence-corrected chi connectivity index (χ4v) is 9.91. The van der Waals surface area contributed by atoms with E-state index in [9.17, 15) is 31.9 Å². The molecule has 0 radical (unpaired) electrons. The number of hydrogen-bond donors (Lipinski definition) is 2. The second kappa shape index (κ2) is 22.9. The van der Waals surface area contributed by atoms with E-state index in [1.807, 2.05) is 50.2 Å². The standard InChI is InChI=1S/C28H32F2N2O3.C26H31F2NO3/c1-20(24-13-22(15-29)12-23(14-24)16-30)34-18-27(25-6-4-3-5-7-25)8-10-28(11-9-27,32-21(2)33)26-17-31-19-35-26;1-19(23-13-21(15-27)12-22(14-23)16-28)32-18-25(24-6-4-3-5-7-24)8-10-26(17-30,11-9-25)29-20(2)31/h3-7,12-14,17,19-20H,8-11,15-16,18H2,1-2H3,(H,32,33);3-7,12-14,17,19H,8-11,15-16,18H2,1-2H3,(H,29,31)/t20-,27?,28?;19-,25?,26?/m11/s1. The van der Waals surface area contributed by atoms with Gasteiger partial charge in [-0.1, -0.05) is 97.1 Å². The van der Waals surface area contributed by atoms with Gasteiger partial charge in [0.1, 0.15) is 38.7 Å². The van der Waals surface area contributed by atoms with Crippen molar-refractivity contribution in [3.8, 4) is 0 Å². The molecule has 2 aliphatic rings. The highest BCUT2D eigenvalue weighted by molar-refractivity contribution is 5.80. The van der Waals surface area contributed by atoms with Crippen molar-refractivity contribution in [2.75, 3.05) is 13.2 Å². The van der Waals surface area contributed by atoms with Crippen molar-refractivity contribution >= 4 is 18.1 Å². The highest BCUT2D eigenvalue weighted by Crippen LogP contribution is 2.48. The molecular formula is C54H63F4N3O6. The lowest BCUT2D eigenvalue weighted by atomic mass is 9.64. The smallest absolute Gasteiger partial charge is 0.217 e. The summed E-state index contributed by atoms with van der Waals surface area (Å²) < 4.78 is 71.4. The van der Waals surface area contributed by atoms with Gasteiger partial charge in [-0.15, -0.1) is 0 Å². The van der Waals surface area contributed by atoms with Gasteiger partial charge >= 0.3 is 0 Å². The third kappa shape index (κ3) is 12.5. The average molecular weight is 926 g/mol. The molecule has 2 fully saturated rings. The first-order valence-corrected chi connectivity index (χ1v) is 23.0. The van der Waals surface area contributed by atoms with Crippen molar-refractivity contribution in [2.24, 2.45) is 0 Å². The Morgan fingerprint density at radius 1 is 0.627 bits per heavy atom. The predicted octanol–water partition coefficient (Wildman–Crippen LogP) is 11.5. The molecule has 2 amide bonds. The maximum Gasteiger partial charge on any atom is 0.217 e. The molecule has 2 saturated carbocycles. The number of benzene rings is 4. The number of alkyl halides is 4. The topological polar surface area (TPSA) is 120 Å². The summed E-state index contributed by atoms with van der Waals surface area (Å²) in [5.74, 6) is 0.325. The summed E-state index contributed by atoms with van der Waals surface area (Å²) in [6, 6.07) is 30.3. The zero-order valence-corrected chi connectivity index (χ0v) is 38.9. The number of nitrogens with zero attached hydrogens (tertiary/aromatic N) is 1. The first-order chi connectivity index (χ1) is 32.2. The molecule has 0 spiro atoms. The van der Waals surface area contributed by atoms with Gasteiger partial charge in [0.15, 0.2) is 6.39 Å². The quantitative estimate of drug-likeness (QED) is 0.0663. The maximum absolute atomic E-state index is 13.3. The van der Waals surface area contributed by atoms with E-state index in [1.165, 1.54) is 31.9 Å². The lowest BCUT2D eigenvalue weighted by Crippen LogP contribution is -2.54. The molecule has 13 heteroatoms. The molecule has 1 aromatic heterocycles. The van der Waals surface area contributed by atoms with Crippen LogP contribution in [-0.2, 0) is 66.9 Å². The molecule has 0 bridgehead atoms. The summed E-state index contributed by atoms with van der Waals surface area (Å²) >= 11 is 0. The molecule has 358 valence electrons. The largest absolute Gasteiger partial charge is 0.446 e. The highest BCUT2D eigenvalue weighted by Gasteiger charge is 2.48. The van der Waals surface area contributed by atoms with Gasteiger partial charge in [-0.25, -0.2) is 22.5 Å². The van der Waals surface area contributed by atoms with E-state index < -0.39 is 37.8 Å². The molecule has 5 aromatic rings. The molecule has 2 aliphatic carbocycles. The molecule has 0 saturated heterocycles. The number of oxazole rings is 1. The summed E-state index contributed by atoms with van der Waals surface area (Å²) in [4.78, 5) is 39.6. The zero-order chi connectivity index (χ0) is 48.1. The highest BCUT2D eigenvalue weighted by atomic mass is 19.1. The monoisotopic (exact) mass is 925 g/mol. The average Bonchev–Trinajstić information content (AvgIpc) is 3.92. The molecular weight excluding hydrogens is 863 g/mol. The number of carbonyl (C=O) groups excluding carboxylic acids is 3. The Morgan fingerprint density at radius 3 is 1.37 bits per heavy atom. The van der Waals surface area contributed by atoms with Crippen LogP contribution in [0.4, 0.5) is 17.6 Å².